The Hall–Kier alpha value is -4.38. The number of benzene rings is 2. The summed E-state index contributed by atoms with van der Waals surface area (Å²) < 4.78 is 34.6. The lowest BCUT2D eigenvalue weighted by atomic mass is 10.1. The minimum Gasteiger partial charge on any atom is -0.359 e. The average molecular weight is 413 g/mol. The molecule has 0 fully saturated rings. The number of aromatic nitrogens is 5. The van der Waals surface area contributed by atoms with Crippen molar-refractivity contribution in [2.24, 2.45) is 0 Å². The van der Waals surface area contributed by atoms with Gasteiger partial charge in [-0.25, -0.2) is 18.7 Å². The van der Waals surface area contributed by atoms with Crippen LogP contribution >= 0.6 is 0 Å². The van der Waals surface area contributed by atoms with Gasteiger partial charge in [0.2, 0.25) is 0 Å². The predicted octanol–water partition coefficient (Wildman–Crippen LogP) is 4.41. The van der Waals surface area contributed by atoms with E-state index in [0.717, 1.165) is 17.2 Å². The summed E-state index contributed by atoms with van der Waals surface area (Å²) in [6.45, 7) is 0.307. The normalized spacial score (nSPS) is 11.0. The quantitative estimate of drug-likeness (QED) is 0.408. The molecule has 0 aliphatic carbocycles. The van der Waals surface area contributed by atoms with Gasteiger partial charge in [0.05, 0.1) is 18.0 Å². The van der Waals surface area contributed by atoms with Gasteiger partial charge in [-0.05, 0) is 24.3 Å². The van der Waals surface area contributed by atoms with E-state index in [-0.39, 0.29) is 11.4 Å². The van der Waals surface area contributed by atoms with Gasteiger partial charge in [0.15, 0.2) is 23.2 Å². The monoisotopic (exact) mass is 413 g/mol. The number of hydrogen-bond donors (Lipinski definition) is 0. The lowest BCUT2D eigenvalue weighted by Gasteiger charge is -2.03. The van der Waals surface area contributed by atoms with Gasteiger partial charge in [0.1, 0.15) is 23.6 Å². The zero-order chi connectivity index (χ0) is 21.4. The molecule has 0 atom stereocenters. The van der Waals surface area contributed by atoms with Crippen molar-refractivity contribution in [1.82, 2.24) is 24.9 Å². The molecule has 31 heavy (non-hydrogen) atoms. The highest BCUT2D eigenvalue weighted by molar-refractivity contribution is 5.65. The Balaban J connectivity index is 1.40. The molecule has 150 valence electrons. The van der Waals surface area contributed by atoms with Crippen LogP contribution in [0.15, 0.2) is 65.4 Å². The first-order valence-electron chi connectivity index (χ1n) is 9.28. The lowest BCUT2D eigenvalue weighted by Crippen LogP contribution is -2.04. The van der Waals surface area contributed by atoms with Crippen LogP contribution in [0.1, 0.15) is 11.3 Å². The van der Waals surface area contributed by atoms with E-state index in [1.54, 1.807) is 10.9 Å². The van der Waals surface area contributed by atoms with E-state index in [4.69, 9.17) is 10.9 Å². The third-order valence-electron chi connectivity index (χ3n) is 4.73. The summed E-state index contributed by atoms with van der Waals surface area (Å²) >= 11 is 0. The van der Waals surface area contributed by atoms with E-state index in [1.807, 2.05) is 30.3 Å². The number of hydrogen-bond acceptors (Lipinski definition) is 5. The van der Waals surface area contributed by atoms with Crippen molar-refractivity contribution < 1.29 is 13.3 Å². The smallest absolute Gasteiger partial charge is 0.169 e. The van der Waals surface area contributed by atoms with Crippen molar-refractivity contribution in [1.29, 1.82) is 0 Å². The fourth-order valence-corrected chi connectivity index (χ4v) is 3.16. The third kappa shape index (κ3) is 3.53. The van der Waals surface area contributed by atoms with Gasteiger partial charge < -0.3 is 4.52 Å². The van der Waals surface area contributed by atoms with Gasteiger partial charge in [-0.15, -0.1) is 6.42 Å². The first-order chi connectivity index (χ1) is 15.1. The molecule has 2 aliphatic rings. The summed E-state index contributed by atoms with van der Waals surface area (Å²) in [4.78, 5) is 8.56. The molecule has 0 saturated carbocycles. The highest BCUT2D eigenvalue weighted by Crippen LogP contribution is 2.27. The largest absolute Gasteiger partial charge is 0.359 e. The number of fused-ring (bicyclic) bond motifs is 1. The van der Waals surface area contributed by atoms with Crippen LogP contribution in [0.3, 0.4) is 0 Å². The minimum atomic E-state index is -0.983. The van der Waals surface area contributed by atoms with Gasteiger partial charge in [-0.2, -0.15) is 5.10 Å². The fourth-order valence-electron chi connectivity index (χ4n) is 3.16. The predicted molar refractivity (Wildman–Crippen MR) is 109 cm³/mol. The Bertz CT molecular complexity index is 1400. The Kier molecular flexibility index (Phi) is 4.49. The van der Waals surface area contributed by atoms with E-state index >= 15 is 0 Å². The van der Waals surface area contributed by atoms with Crippen LogP contribution < -0.4 is 0 Å². The Morgan fingerprint density at radius 1 is 1.00 bits per heavy atom. The van der Waals surface area contributed by atoms with E-state index in [9.17, 15) is 8.78 Å². The average Bonchev–Trinajstić information content (AvgIpc) is 3.42. The van der Waals surface area contributed by atoms with Crippen LogP contribution in [-0.2, 0) is 6.54 Å². The van der Waals surface area contributed by atoms with Crippen molar-refractivity contribution >= 4 is 0 Å². The summed E-state index contributed by atoms with van der Waals surface area (Å²) in [5.41, 5.74) is 3.32. The summed E-state index contributed by atoms with van der Waals surface area (Å²) in [5.74, 6) is 1.33. The maximum absolute atomic E-state index is 14.1. The fraction of sp³-hybridized carbons (Fsp3) is 0.0435. The Morgan fingerprint density at radius 2 is 1.81 bits per heavy atom. The first-order valence-corrected chi connectivity index (χ1v) is 9.28. The molecule has 0 saturated heterocycles. The van der Waals surface area contributed by atoms with E-state index in [0.29, 0.717) is 29.4 Å². The Labute approximate surface area is 175 Å². The number of imidazole rings is 1. The van der Waals surface area contributed by atoms with Crippen molar-refractivity contribution in [3.05, 3.63) is 83.9 Å². The van der Waals surface area contributed by atoms with Gasteiger partial charge >= 0.3 is 0 Å². The maximum atomic E-state index is 14.1. The summed E-state index contributed by atoms with van der Waals surface area (Å²) in [7, 11) is 0. The standard InChI is InChI=1S/C23H13F2N5O/c1-2-14-6-8-15(9-7-14)19-10-16(31-29-19)12-30-13-21-20(11-26-30)27-23(28-21)17-4-3-5-18(24)22(17)25/h1,3-11,13H,12H2. The number of rotatable bonds is 4. The van der Waals surface area contributed by atoms with Crippen LogP contribution in [0.4, 0.5) is 8.78 Å². The molecule has 0 radical (unpaired) electrons. The van der Waals surface area contributed by atoms with E-state index in [1.165, 1.54) is 18.3 Å². The highest BCUT2D eigenvalue weighted by Gasteiger charge is 2.18. The summed E-state index contributed by atoms with van der Waals surface area (Å²) in [5, 5.41) is 8.38. The zero-order valence-electron chi connectivity index (χ0n) is 16.0. The van der Waals surface area contributed by atoms with Gasteiger partial charge in [-0.1, -0.05) is 29.3 Å². The summed E-state index contributed by atoms with van der Waals surface area (Å²) in [6, 6.07) is 13.1. The zero-order valence-corrected chi connectivity index (χ0v) is 16.0. The molecule has 0 spiro atoms. The van der Waals surface area contributed by atoms with Gasteiger partial charge in [0, 0.05) is 17.2 Å². The van der Waals surface area contributed by atoms with Crippen LogP contribution in [0.5, 0.6) is 0 Å². The molecule has 0 bridgehead atoms. The molecular weight excluding hydrogens is 400 g/mol. The molecule has 0 N–H and O–H groups in total. The van der Waals surface area contributed by atoms with Crippen LogP contribution in [0.25, 0.3) is 34.0 Å². The van der Waals surface area contributed by atoms with Crippen molar-refractivity contribution in [3.8, 4) is 46.4 Å². The molecule has 2 aromatic carbocycles. The van der Waals surface area contributed by atoms with Crippen molar-refractivity contribution in [2.45, 2.75) is 6.54 Å². The topological polar surface area (TPSA) is 69.6 Å². The third-order valence-corrected chi connectivity index (χ3v) is 4.73. The lowest BCUT2D eigenvalue weighted by molar-refractivity contribution is 0.372. The van der Waals surface area contributed by atoms with Gasteiger partial charge in [0.25, 0.3) is 0 Å². The van der Waals surface area contributed by atoms with E-state index in [2.05, 4.69) is 26.1 Å². The molecule has 8 heteroatoms. The van der Waals surface area contributed by atoms with Gasteiger partial charge in [-0.3, -0.25) is 4.68 Å². The van der Waals surface area contributed by atoms with Crippen molar-refractivity contribution in [3.63, 3.8) is 0 Å². The molecule has 2 aliphatic heterocycles. The SMILES string of the molecule is C#Cc1ccc(-c2cc(Cn3cc4nc(-c5cccc(F)c5F)nc-4cn3)on2)cc1. The van der Waals surface area contributed by atoms with Crippen LogP contribution in [-0.4, -0.2) is 24.9 Å². The molecule has 1 aromatic heterocycles. The second kappa shape index (κ2) is 7.46. The minimum absolute atomic E-state index is 0.00141. The second-order valence-corrected chi connectivity index (χ2v) is 6.79. The van der Waals surface area contributed by atoms with E-state index < -0.39 is 11.6 Å². The molecule has 0 amide bonds. The van der Waals surface area contributed by atoms with Crippen LogP contribution in [0.2, 0.25) is 0 Å². The molecule has 5 rings (SSSR count). The number of nitrogens with zero attached hydrogens (tertiary/aromatic N) is 5. The molecule has 3 aromatic rings. The Morgan fingerprint density at radius 3 is 2.61 bits per heavy atom. The second-order valence-electron chi connectivity index (χ2n) is 6.79. The number of terminal acetylenes is 1. The first kappa shape index (κ1) is 18.6. The molecular formula is C23H13F2N5O. The number of halogens is 2. The van der Waals surface area contributed by atoms with Crippen LogP contribution in [0, 0.1) is 24.0 Å². The highest BCUT2D eigenvalue weighted by atomic mass is 19.2. The van der Waals surface area contributed by atoms with Crippen molar-refractivity contribution in [2.75, 3.05) is 0 Å². The molecule has 6 nitrogen and oxygen atoms in total. The molecule has 0 unspecified atom stereocenters. The molecule has 3 heterocycles. The maximum Gasteiger partial charge on any atom is 0.169 e. The summed E-state index contributed by atoms with van der Waals surface area (Å²) in [6.07, 6.45) is 8.55.